The maximum absolute atomic E-state index is 12.1. The fourth-order valence-corrected chi connectivity index (χ4v) is 3.47. The number of methoxy groups -OCH3 is 1. The van der Waals surface area contributed by atoms with Crippen LogP contribution in [0.4, 0.5) is 11.4 Å². The summed E-state index contributed by atoms with van der Waals surface area (Å²) in [6.07, 6.45) is 4.44. The molecule has 1 aliphatic rings. The number of rotatable bonds is 8. The normalized spacial score (nSPS) is 13.6. The molecule has 1 N–H and O–H groups in total. The molecule has 6 heteroatoms. The molecule has 1 saturated heterocycles. The van der Waals surface area contributed by atoms with E-state index < -0.39 is 5.97 Å². The van der Waals surface area contributed by atoms with E-state index in [9.17, 15) is 9.59 Å². The van der Waals surface area contributed by atoms with Gasteiger partial charge in [0.05, 0.1) is 7.11 Å². The molecule has 1 heterocycles. The molecule has 2 aromatic rings. The monoisotopic (exact) mass is 396 g/mol. The first-order chi connectivity index (χ1) is 14.2. The van der Waals surface area contributed by atoms with Gasteiger partial charge in [-0.2, -0.15) is 0 Å². The number of aryl methyl sites for hydroxylation is 1. The van der Waals surface area contributed by atoms with Gasteiger partial charge < -0.3 is 19.7 Å². The number of hydrogen-bond donors (Lipinski definition) is 1. The highest BCUT2D eigenvalue weighted by Crippen LogP contribution is 2.22. The van der Waals surface area contributed by atoms with Gasteiger partial charge in [0.2, 0.25) is 0 Å². The van der Waals surface area contributed by atoms with Gasteiger partial charge in [-0.05, 0) is 61.6 Å². The number of benzene rings is 2. The Morgan fingerprint density at radius 1 is 1.00 bits per heavy atom. The predicted octanol–water partition coefficient (Wildman–Crippen LogP) is 3.80. The van der Waals surface area contributed by atoms with Crippen LogP contribution in [0, 0.1) is 0 Å². The summed E-state index contributed by atoms with van der Waals surface area (Å²) in [6.45, 7) is 1.87. The number of ether oxygens (including phenoxy) is 2. The van der Waals surface area contributed by atoms with Crippen molar-refractivity contribution < 1.29 is 19.1 Å². The Labute approximate surface area is 171 Å². The zero-order chi connectivity index (χ0) is 20.5. The fraction of sp³-hybridized carbons (Fsp3) is 0.391. The number of anilines is 2. The van der Waals surface area contributed by atoms with E-state index in [-0.39, 0.29) is 18.9 Å². The van der Waals surface area contributed by atoms with Crippen molar-refractivity contribution in [3.05, 3.63) is 54.1 Å². The lowest BCUT2D eigenvalue weighted by Crippen LogP contribution is -2.29. The van der Waals surface area contributed by atoms with Crippen LogP contribution in [-0.4, -0.2) is 38.7 Å². The minimum absolute atomic E-state index is 0.193. The standard InChI is InChI=1S/C23H28N2O4/c1-28-21-8-4-3-7-18(21)9-14-23(27)29-17-22(26)24-19-10-12-20(13-11-19)25-15-5-2-6-16-25/h3-4,7-8,10-13H,2,5-6,9,14-17H2,1H3,(H,24,26). The maximum Gasteiger partial charge on any atom is 0.306 e. The summed E-state index contributed by atoms with van der Waals surface area (Å²) in [7, 11) is 1.60. The zero-order valence-electron chi connectivity index (χ0n) is 16.9. The van der Waals surface area contributed by atoms with Crippen LogP contribution in [0.3, 0.4) is 0 Å². The summed E-state index contributed by atoms with van der Waals surface area (Å²) in [5, 5.41) is 2.76. The molecule has 0 aliphatic carbocycles. The van der Waals surface area contributed by atoms with Crippen molar-refractivity contribution in [1.29, 1.82) is 0 Å². The molecule has 2 aromatic carbocycles. The molecular formula is C23H28N2O4. The van der Waals surface area contributed by atoms with E-state index in [1.165, 1.54) is 24.9 Å². The number of amides is 1. The molecule has 0 aromatic heterocycles. The highest BCUT2D eigenvalue weighted by atomic mass is 16.5. The Hall–Kier alpha value is -3.02. The Bertz CT molecular complexity index is 814. The molecule has 1 amide bonds. The van der Waals surface area contributed by atoms with Crippen molar-refractivity contribution in [2.45, 2.75) is 32.1 Å². The number of hydrogen-bond acceptors (Lipinski definition) is 5. The number of carbonyl (C=O) groups excluding carboxylic acids is 2. The Kier molecular flexibility index (Phi) is 7.50. The van der Waals surface area contributed by atoms with Gasteiger partial charge in [-0.1, -0.05) is 18.2 Å². The first-order valence-electron chi connectivity index (χ1n) is 10.1. The van der Waals surface area contributed by atoms with Gasteiger partial charge in [0.15, 0.2) is 6.61 Å². The molecule has 154 valence electrons. The molecule has 0 unspecified atom stereocenters. The van der Waals surface area contributed by atoms with E-state index in [4.69, 9.17) is 9.47 Å². The van der Waals surface area contributed by atoms with Crippen LogP contribution < -0.4 is 15.0 Å². The summed E-state index contributed by atoms with van der Waals surface area (Å²) >= 11 is 0. The van der Waals surface area contributed by atoms with E-state index in [0.29, 0.717) is 12.1 Å². The highest BCUT2D eigenvalue weighted by Gasteiger charge is 2.12. The third kappa shape index (κ3) is 6.24. The van der Waals surface area contributed by atoms with E-state index >= 15 is 0 Å². The van der Waals surface area contributed by atoms with Crippen LogP contribution in [0.15, 0.2) is 48.5 Å². The minimum Gasteiger partial charge on any atom is -0.496 e. The maximum atomic E-state index is 12.1. The molecule has 0 saturated carbocycles. The summed E-state index contributed by atoms with van der Waals surface area (Å²) in [5.41, 5.74) is 2.80. The smallest absolute Gasteiger partial charge is 0.306 e. The summed E-state index contributed by atoms with van der Waals surface area (Å²) in [6, 6.07) is 15.3. The number of nitrogens with zero attached hydrogens (tertiary/aromatic N) is 1. The SMILES string of the molecule is COc1ccccc1CCC(=O)OCC(=O)Nc1ccc(N2CCCCC2)cc1. The van der Waals surface area contributed by atoms with Crippen LogP contribution in [0.2, 0.25) is 0 Å². The summed E-state index contributed by atoms with van der Waals surface area (Å²) in [5.74, 6) is -0.0149. The van der Waals surface area contributed by atoms with Crippen LogP contribution >= 0.6 is 0 Å². The molecule has 29 heavy (non-hydrogen) atoms. The topological polar surface area (TPSA) is 67.9 Å². The van der Waals surface area contributed by atoms with Crippen molar-refractivity contribution in [3.8, 4) is 5.75 Å². The van der Waals surface area contributed by atoms with Gasteiger partial charge in [-0.15, -0.1) is 0 Å². The van der Waals surface area contributed by atoms with Gasteiger partial charge in [0, 0.05) is 30.9 Å². The van der Waals surface area contributed by atoms with Crippen LogP contribution in [-0.2, 0) is 20.7 Å². The van der Waals surface area contributed by atoms with Crippen LogP contribution in [0.1, 0.15) is 31.2 Å². The second-order valence-corrected chi connectivity index (χ2v) is 7.12. The second-order valence-electron chi connectivity index (χ2n) is 7.12. The molecule has 3 rings (SSSR count). The van der Waals surface area contributed by atoms with E-state index in [0.717, 1.165) is 24.4 Å². The Morgan fingerprint density at radius 2 is 1.72 bits per heavy atom. The molecular weight excluding hydrogens is 368 g/mol. The first kappa shape index (κ1) is 20.7. The minimum atomic E-state index is -0.411. The first-order valence-corrected chi connectivity index (χ1v) is 10.1. The lowest BCUT2D eigenvalue weighted by atomic mass is 10.1. The highest BCUT2D eigenvalue weighted by molar-refractivity contribution is 5.93. The summed E-state index contributed by atoms with van der Waals surface area (Å²) < 4.78 is 10.4. The van der Waals surface area contributed by atoms with E-state index in [2.05, 4.69) is 10.2 Å². The van der Waals surface area contributed by atoms with Crippen molar-refractivity contribution in [3.63, 3.8) is 0 Å². The molecule has 1 fully saturated rings. The van der Waals surface area contributed by atoms with Gasteiger partial charge >= 0.3 is 5.97 Å². The molecule has 0 radical (unpaired) electrons. The Balaban J connectivity index is 1.40. The number of esters is 1. The van der Waals surface area contributed by atoms with Gasteiger partial charge in [-0.3, -0.25) is 9.59 Å². The number of piperidine rings is 1. The number of carbonyl (C=O) groups is 2. The third-order valence-electron chi connectivity index (χ3n) is 5.03. The van der Waals surface area contributed by atoms with E-state index in [1.54, 1.807) is 7.11 Å². The number of para-hydroxylation sites is 1. The molecule has 0 spiro atoms. The fourth-order valence-electron chi connectivity index (χ4n) is 3.47. The van der Waals surface area contributed by atoms with Gasteiger partial charge in [0.25, 0.3) is 5.91 Å². The molecule has 6 nitrogen and oxygen atoms in total. The third-order valence-corrected chi connectivity index (χ3v) is 5.03. The summed E-state index contributed by atoms with van der Waals surface area (Å²) in [4.78, 5) is 26.4. The van der Waals surface area contributed by atoms with Crippen molar-refractivity contribution in [1.82, 2.24) is 0 Å². The lowest BCUT2D eigenvalue weighted by molar-refractivity contribution is -0.147. The predicted molar refractivity (Wildman–Crippen MR) is 113 cm³/mol. The average molecular weight is 396 g/mol. The average Bonchev–Trinajstić information content (AvgIpc) is 2.77. The van der Waals surface area contributed by atoms with E-state index in [1.807, 2.05) is 48.5 Å². The molecule has 1 aliphatic heterocycles. The van der Waals surface area contributed by atoms with Crippen molar-refractivity contribution >= 4 is 23.3 Å². The second kappa shape index (κ2) is 10.5. The van der Waals surface area contributed by atoms with Gasteiger partial charge in [0.1, 0.15) is 5.75 Å². The van der Waals surface area contributed by atoms with Gasteiger partial charge in [-0.25, -0.2) is 0 Å². The Morgan fingerprint density at radius 3 is 2.45 bits per heavy atom. The zero-order valence-corrected chi connectivity index (χ0v) is 16.9. The number of nitrogens with one attached hydrogen (secondary N) is 1. The van der Waals surface area contributed by atoms with Crippen molar-refractivity contribution in [2.24, 2.45) is 0 Å². The van der Waals surface area contributed by atoms with Crippen molar-refractivity contribution in [2.75, 3.05) is 37.0 Å². The molecule has 0 atom stereocenters. The van der Waals surface area contributed by atoms with Crippen LogP contribution in [0.5, 0.6) is 5.75 Å². The molecule has 0 bridgehead atoms. The largest absolute Gasteiger partial charge is 0.496 e. The quantitative estimate of drug-likeness (QED) is 0.688. The lowest BCUT2D eigenvalue weighted by Gasteiger charge is -2.28. The van der Waals surface area contributed by atoms with Crippen LogP contribution in [0.25, 0.3) is 0 Å².